The van der Waals surface area contributed by atoms with E-state index in [4.69, 9.17) is 11.6 Å². The zero-order chi connectivity index (χ0) is 13.0. The van der Waals surface area contributed by atoms with Crippen molar-refractivity contribution < 1.29 is 4.39 Å². The molecule has 1 aromatic rings. The number of likely N-dealkylation sites (N-methyl/N-ethyl adjacent to an activating group) is 1. The maximum Gasteiger partial charge on any atom is 0.124 e. The number of nitrogens with one attached hydrogen (secondary N) is 1. The van der Waals surface area contributed by atoms with E-state index in [2.05, 4.69) is 17.1 Å². The number of nitrogens with zero attached hydrogens (tertiary/aromatic N) is 1. The Morgan fingerprint density at radius 1 is 1.44 bits per heavy atom. The fourth-order valence-electron chi connectivity index (χ4n) is 2.15. The van der Waals surface area contributed by atoms with Crippen LogP contribution < -0.4 is 5.32 Å². The molecule has 0 atom stereocenters. The summed E-state index contributed by atoms with van der Waals surface area (Å²) >= 11 is 5.97. The Kier molecular flexibility index (Phi) is 4.98. The molecule has 2 nitrogen and oxygen atoms in total. The summed E-state index contributed by atoms with van der Waals surface area (Å²) in [6, 6.07) is 5.36. The van der Waals surface area contributed by atoms with Gasteiger partial charge in [-0.15, -0.1) is 0 Å². The van der Waals surface area contributed by atoms with Crippen molar-refractivity contribution in [2.45, 2.75) is 32.4 Å². The van der Waals surface area contributed by atoms with Crippen molar-refractivity contribution in [3.63, 3.8) is 0 Å². The highest BCUT2D eigenvalue weighted by Gasteiger charge is 2.26. The molecular weight excluding hydrogens is 251 g/mol. The van der Waals surface area contributed by atoms with E-state index >= 15 is 0 Å². The smallest absolute Gasteiger partial charge is 0.124 e. The van der Waals surface area contributed by atoms with Crippen LogP contribution in [0, 0.1) is 5.82 Å². The molecule has 0 bridgehead atoms. The van der Waals surface area contributed by atoms with Gasteiger partial charge in [-0.1, -0.05) is 24.6 Å². The van der Waals surface area contributed by atoms with Crippen molar-refractivity contribution in [3.8, 4) is 0 Å². The lowest BCUT2D eigenvalue weighted by atomic mass is 10.2. The summed E-state index contributed by atoms with van der Waals surface area (Å²) in [6.07, 6.45) is 2.69. The highest BCUT2D eigenvalue weighted by molar-refractivity contribution is 6.31. The fourth-order valence-corrected chi connectivity index (χ4v) is 2.38. The lowest BCUT2D eigenvalue weighted by Gasteiger charge is -2.19. The number of rotatable bonds is 7. The Hall–Kier alpha value is -0.640. The molecule has 0 amide bonds. The molecule has 0 aliphatic heterocycles. The molecular formula is C14H20ClFN2. The Bertz CT molecular complexity index is 393. The number of halogens is 2. The molecule has 1 saturated carbocycles. The van der Waals surface area contributed by atoms with Gasteiger partial charge in [0, 0.05) is 30.7 Å². The van der Waals surface area contributed by atoms with Crippen molar-refractivity contribution in [1.29, 1.82) is 0 Å². The zero-order valence-electron chi connectivity index (χ0n) is 10.8. The summed E-state index contributed by atoms with van der Waals surface area (Å²) in [5.74, 6) is -0.283. The topological polar surface area (TPSA) is 15.3 Å². The third kappa shape index (κ3) is 3.94. The highest BCUT2D eigenvalue weighted by atomic mass is 35.5. The van der Waals surface area contributed by atoms with Crippen LogP contribution in [0.1, 0.15) is 25.3 Å². The van der Waals surface area contributed by atoms with Crippen LogP contribution in [0.2, 0.25) is 5.02 Å². The standard InChI is InChI=1S/C14H20ClFN2/c1-2-18(13-5-6-13)8-7-17-10-11-3-4-12(16)9-14(11)15/h3-4,9,13,17H,2,5-8,10H2,1H3. The molecule has 0 aromatic heterocycles. The van der Waals surface area contributed by atoms with Crippen LogP contribution in [0.4, 0.5) is 4.39 Å². The molecule has 1 aliphatic rings. The van der Waals surface area contributed by atoms with E-state index < -0.39 is 0 Å². The van der Waals surface area contributed by atoms with Gasteiger partial charge in [0.1, 0.15) is 5.82 Å². The van der Waals surface area contributed by atoms with E-state index in [1.807, 2.05) is 0 Å². The van der Waals surface area contributed by atoms with E-state index in [0.29, 0.717) is 11.6 Å². The summed E-state index contributed by atoms with van der Waals surface area (Å²) in [5, 5.41) is 3.86. The zero-order valence-corrected chi connectivity index (χ0v) is 11.5. The summed E-state index contributed by atoms with van der Waals surface area (Å²) < 4.78 is 12.9. The first kappa shape index (κ1) is 13.8. The number of hydrogen-bond donors (Lipinski definition) is 1. The Morgan fingerprint density at radius 3 is 2.83 bits per heavy atom. The minimum absolute atomic E-state index is 0.283. The van der Waals surface area contributed by atoms with Gasteiger partial charge in [0.25, 0.3) is 0 Å². The van der Waals surface area contributed by atoms with Gasteiger partial charge in [-0.05, 0) is 37.1 Å². The van der Waals surface area contributed by atoms with E-state index in [9.17, 15) is 4.39 Å². The van der Waals surface area contributed by atoms with Gasteiger partial charge in [0.15, 0.2) is 0 Å². The van der Waals surface area contributed by atoms with Gasteiger partial charge in [-0.3, -0.25) is 4.90 Å². The van der Waals surface area contributed by atoms with Crippen molar-refractivity contribution in [3.05, 3.63) is 34.6 Å². The van der Waals surface area contributed by atoms with Crippen LogP contribution in [0.3, 0.4) is 0 Å². The first-order chi connectivity index (χ1) is 8.70. The summed E-state index contributed by atoms with van der Waals surface area (Å²) in [7, 11) is 0. The second kappa shape index (κ2) is 6.50. The largest absolute Gasteiger partial charge is 0.311 e. The maximum absolute atomic E-state index is 12.9. The molecule has 1 fully saturated rings. The van der Waals surface area contributed by atoms with Gasteiger partial charge >= 0.3 is 0 Å². The van der Waals surface area contributed by atoms with E-state index in [-0.39, 0.29) is 5.82 Å². The third-order valence-electron chi connectivity index (χ3n) is 3.38. The normalized spacial score (nSPS) is 15.3. The van der Waals surface area contributed by atoms with Gasteiger partial charge in [-0.2, -0.15) is 0 Å². The first-order valence-electron chi connectivity index (χ1n) is 6.59. The monoisotopic (exact) mass is 270 g/mol. The molecule has 0 saturated heterocycles. The molecule has 0 unspecified atom stereocenters. The minimum atomic E-state index is -0.283. The van der Waals surface area contributed by atoms with Gasteiger partial charge in [-0.25, -0.2) is 4.39 Å². The fraction of sp³-hybridized carbons (Fsp3) is 0.571. The second-order valence-corrected chi connectivity index (χ2v) is 5.18. The molecule has 2 rings (SSSR count). The predicted octanol–water partition coefficient (Wildman–Crippen LogP) is 3.05. The van der Waals surface area contributed by atoms with Crippen LogP contribution in [0.5, 0.6) is 0 Å². The average molecular weight is 271 g/mol. The lowest BCUT2D eigenvalue weighted by molar-refractivity contribution is 0.277. The van der Waals surface area contributed by atoms with Gasteiger partial charge in [0.2, 0.25) is 0 Å². The molecule has 1 aliphatic carbocycles. The van der Waals surface area contributed by atoms with Crippen LogP contribution in [0.25, 0.3) is 0 Å². The van der Waals surface area contributed by atoms with Crippen LogP contribution in [-0.4, -0.2) is 30.6 Å². The molecule has 4 heteroatoms. The number of hydrogen-bond acceptors (Lipinski definition) is 2. The molecule has 1 N–H and O–H groups in total. The molecule has 0 spiro atoms. The predicted molar refractivity (Wildman–Crippen MR) is 73.4 cm³/mol. The molecule has 0 radical (unpaired) electrons. The summed E-state index contributed by atoms with van der Waals surface area (Å²) in [6.45, 7) is 6.03. The molecule has 1 aromatic carbocycles. The minimum Gasteiger partial charge on any atom is -0.311 e. The Labute approximate surface area is 113 Å². The van der Waals surface area contributed by atoms with Crippen molar-refractivity contribution >= 4 is 11.6 Å². The van der Waals surface area contributed by atoms with Crippen molar-refractivity contribution in [2.24, 2.45) is 0 Å². The Morgan fingerprint density at radius 2 is 2.22 bits per heavy atom. The quantitative estimate of drug-likeness (QED) is 0.766. The Balaban J connectivity index is 1.71. The maximum atomic E-state index is 12.9. The summed E-state index contributed by atoms with van der Waals surface area (Å²) in [4.78, 5) is 2.50. The van der Waals surface area contributed by atoms with Gasteiger partial charge < -0.3 is 5.32 Å². The highest BCUT2D eigenvalue weighted by Crippen LogP contribution is 2.25. The first-order valence-corrected chi connectivity index (χ1v) is 6.97. The van der Waals surface area contributed by atoms with Gasteiger partial charge in [0.05, 0.1) is 0 Å². The average Bonchev–Trinajstić information content (AvgIpc) is 3.16. The number of benzene rings is 1. The van der Waals surface area contributed by atoms with E-state index in [1.54, 1.807) is 6.07 Å². The summed E-state index contributed by atoms with van der Waals surface area (Å²) in [5.41, 5.74) is 0.951. The van der Waals surface area contributed by atoms with Crippen molar-refractivity contribution in [1.82, 2.24) is 10.2 Å². The molecule has 100 valence electrons. The van der Waals surface area contributed by atoms with E-state index in [1.165, 1.54) is 25.0 Å². The molecule has 18 heavy (non-hydrogen) atoms. The van der Waals surface area contributed by atoms with Crippen LogP contribution >= 0.6 is 11.6 Å². The van der Waals surface area contributed by atoms with E-state index in [0.717, 1.165) is 31.2 Å². The van der Waals surface area contributed by atoms with Crippen LogP contribution in [0.15, 0.2) is 18.2 Å². The van der Waals surface area contributed by atoms with Crippen LogP contribution in [-0.2, 0) is 6.54 Å². The van der Waals surface area contributed by atoms with Crippen molar-refractivity contribution in [2.75, 3.05) is 19.6 Å². The second-order valence-electron chi connectivity index (χ2n) is 4.77. The SMILES string of the molecule is CCN(CCNCc1ccc(F)cc1Cl)C1CC1. The lowest BCUT2D eigenvalue weighted by Crippen LogP contribution is -2.33. The molecule has 0 heterocycles. The third-order valence-corrected chi connectivity index (χ3v) is 3.73.